The largest absolute Gasteiger partial charge is 0.384 e. The average molecular weight is 256 g/mol. The maximum atomic E-state index is 11.6. The van der Waals surface area contributed by atoms with Gasteiger partial charge < -0.3 is 5.11 Å². The summed E-state index contributed by atoms with van der Waals surface area (Å²) in [5.74, 6) is 5.37. The van der Waals surface area contributed by atoms with Crippen LogP contribution in [-0.4, -0.2) is 21.5 Å². The second-order valence-corrected chi connectivity index (χ2v) is 3.85. The normalized spacial score (nSPS) is 9.74. The third kappa shape index (κ3) is 3.21. The van der Waals surface area contributed by atoms with Gasteiger partial charge in [-0.1, -0.05) is 30.0 Å². The molecule has 0 radical (unpaired) electrons. The van der Waals surface area contributed by atoms with E-state index < -0.39 is 0 Å². The number of aromatic nitrogens is 2. The van der Waals surface area contributed by atoms with E-state index in [-0.39, 0.29) is 24.3 Å². The average Bonchev–Trinajstić information content (AvgIpc) is 2.42. The highest BCUT2D eigenvalue weighted by molar-refractivity contribution is 5.41. The van der Waals surface area contributed by atoms with E-state index >= 15 is 0 Å². The predicted octanol–water partition coefficient (Wildman–Crippen LogP) is -0.0713. The van der Waals surface area contributed by atoms with Gasteiger partial charge in [-0.3, -0.25) is 14.7 Å². The van der Waals surface area contributed by atoms with Gasteiger partial charge in [-0.25, -0.2) is 4.68 Å². The fourth-order valence-corrected chi connectivity index (χ4v) is 1.67. The lowest BCUT2D eigenvalue weighted by Crippen LogP contribution is -2.28. The summed E-state index contributed by atoms with van der Waals surface area (Å²) in [6, 6.07) is 9.67. The molecule has 0 spiro atoms. The predicted molar refractivity (Wildman–Crippen MR) is 70.8 cm³/mol. The van der Waals surface area contributed by atoms with Crippen LogP contribution in [0.2, 0.25) is 0 Å². The minimum absolute atomic E-state index is 0.226. The van der Waals surface area contributed by atoms with E-state index in [9.17, 15) is 9.59 Å². The quantitative estimate of drug-likeness (QED) is 0.738. The smallest absolute Gasteiger partial charge is 0.265 e. The molecule has 0 fully saturated rings. The van der Waals surface area contributed by atoms with E-state index in [1.807, 2.05) is 18.2 Å². The van der Waals surface area contributed by atoms with Crippen molar-refractivity contribution in [2.75, 3.05) is 6.61 Å². The van der Waals surface area contributed by atoms with Crippen LogP contribution in [0.25, 0.3) is 0 Å². The number of nitrogens with one attached hydrogen (secondary N) is 1. The molecule has 0 aliphatic heterocycles. The lowest BCUT2D eigenvalue weighted by molar-refractivity contribution is 0.350. The lowest BCUT2D eigenvalue weighted by atomic mass is 10.1. The fraction of sp³-hybridized carbons (Fsp3) is 0.143. The number of aliphatic hydroxyl groups excluding tert-OH is 1. The molecule has 0 aliphatic carbocycles. The van der Waals surface area contributed by atoms with Crippen LogP contribution >= 0.6 is 0 Å². The maximum Gasteiger partial charge on any atom is 0.265 e. The molecule has 5 nitrogen and oxygen atoms in total. The van der Waals surface area contributed by atoms with Gasteiger partial charge in [0.05, 0.1) is 6.54 Å². The van der Waals surface area contributed by atoms with Gasteiger partial charge in [0.2, 0.25) is 0 Å². The molecule has 2 N–H and O–H groups in total. The topological polar surface area (TPSA) is 75.1 Å². The molecule has 0 atom stereocenters. The molecular weight excluding hydrogens is 244 g/mol. The number of hydrogen-bond donors (Lipinski definition) is 2. The molecule has 2 rings (SSSR count). The molecule has 19 heavy (non-hydrogen) atoms. The van der Waals surface area contributed by atoms with Gasteiger partial charge in [0, 0.05) is 17.7 Å². The van der Waals surface area contributed by atoms with Crippen LogP contribution in [-0.2, 0) is 6.54 Å². The number of H-pyrrole nitrogens is 1. The zero-order valence-corrected chi connectivity index (χ0v) is 10.1. The first-order chi connectivity index (χ1) is 9.20. The van der Waals surface area contributed by atoms with Crippen LogP contribution in [0.1, 0.15) is 11.1 Å². The van der Waals surface area contributed by atoms with Crippen molar-refractivity contribution in [3.8, 4) is 11.8 Å². The summed E-state index contributed by atoms with van der Waals surface area (Å²) < 4.78 is 1.22. The molecule has 0 amide bonds. The van der Waals surface area contributed by atoms with E-state index in [1.54, 1.807) is 6.07 Å². The Balaban J connectivity index is 2.41. The molecule has 0 unspecified atom stereocenters. The molecule has 0 saturated heterocycles. The molecule has 5 heteroatoms. The van der Waals surface area contributed by atoms with Gasteiger partial charge in [-0.05, 0) is 11.6 Å². The first-order valence-electron chi connectivity index (χ1n) is 5.68. The SMILES string of the molecule is O=c1ccc(=O)n(Cc2ccccc2C#CCO)[nH]1. The summed E-state index contributed by atoms with van der Waals surface area (Å²) in [5, 5.41) is 11.2. The Bertz CT molecular complexity index is 747. The highest BCUT2D eigenvalue weighted by Crippen LogP contribution is 2.07. The first kappa shape index (κ1) is 12.9. The van der Waals surface area contributed by atoms with Crippen LogP contribution < -0.4 is 11.1 Å². The summed E-state index contributed by atoms with van der Waals surface area (Å²) in [7, 11) is 0. The van der Waals surface area contributed by atoms with Crippen molar-refractivity contribution >= 4 is 0 Å². The molecule has 1 aromatic carbocycles. The second kappa shape index (κ2) is 5.85. The minimum Gasteiger partial charge on any atom is -0.384 e. The Morgan fingerprint density at radius 3 is 2.74 bits per heavy atom. The van der Waals surface area contributed by atoms with Crippen LogP contribution in [0.4, 0.5) is 0 Å². The van der Waals surface area contributed by atoms with Gasteiger partial charge in [0.25, 0.3) is 11.1 Å². The number of hydrogen-bond acceptors (Lipinski definition) is 3. The van der Waals surface area contributed by atoms with Gasteiger partial charge in [0.15, 0.2) is 0 Å². The highest BCUT2D eigenvalue weighted by Gasteiger charge is 2.02. The summed E-state index contributed by atoms with van der Waals surface area (Å²) in [4.78, 5) is 22.8. The third-order valence-corrected chi connectivity index (χ3v) is 2.54. The van der Waals surface area contributed by atoms with Crippen molar-refractivity contribution in [1.29, 1.82) is 0 Å². The summed E-state index contributed by atoms with van der Waals surface area (Å²) in [6.45, 7) is 0.00163. The summed E-state index contributed by atoms with van der Waals surface area (Å²) >= 11 is 0. The zero-order valence-electron chi connectivity index (χ0n) is 10.1. The Morgan fingerprint density at radius 1 is 1.16 bits per heavy atom. The number of aliphatic hydroxyl groups is 1. The van der Waals surface area contributed by atoms with E-state index in [0.29, 0.717) is 5.56 Å². The van der Waals surface area contributed by atoms with Crippen molar-refractivity contribution < 1.29 is 5.11 Å². The molecule has 0 aliphatic rings. The molecular formula is C14H12N2O3. The first-order valence-corrected chi connectivity index (χ1v) is 5.68. The number of nitrogens with zero attached hydrogens (tertiary/aromatic N) is 1. The number of benzene rings is 1. The zero-order chi connectivity index (χ0) is 13.7. The molecule has 0 bridgehead atoms. The summed E-state index contributed by atoms with van der Waals surface area (Å²) in [5.41, 5.74) is 0.892. The van der Waals surface area contributed by atoms with Gasteiger partial charge in [-0.15, -0.1) is 0 Å². The Kier molecular flexibility index (Phi) is 3.96. The standard InChI is InChI=1S/C14H12N2O3/c17-9-3-6-11-4-1-2-5-12(11)10-16-14(19)8-7-13(18)15-16/h1-2,4-5,7-8,17H,9-10H2,(H,15,18). The molecule has 1 aromatic heterocycles. The molecule has 96 valence electrons. The fourth-order valence-electron chi connectivity index (χ4n) is 1.67. The monoisotopic (exact) mass is 256 g/mol. The Hall–Kier alpha value is -2.58. The second-order valence-electron chi connectivity index (χ2n) is 3.85. The molecule has 1 heterocycles. The molecule has 0 saturated carbocycles. The van der Waals surface area contributed by atoms with Crippen LogP contribution in [0, 0.1) is 11.8 Å². The van der Waals surface area contributed by atoms with E-state index in [2.05, 4.69) is 16.9 Å². The van der Waals surface area contributed by atoms with Crippen molar-refractivity contribution in [2.24, 2.45) is 0 Å². The number of aromatic amines is 1. The third-order valence-electron chi connectivity index (χ3n) is 2.54. The summed E-state index contributed by atoms with van der Waals surface area (Å²) in [6.07, 6.45) is 0. The van der Waals surface area contributed by atoms with Crippen molar-refractivity contribution in [3.05, 3.63) is 68.2 Å². The van der Waals surface area contributed by atoms with Crippen molar-refractivity contribution in [1.82, 2.24) is 9.78 Å². The Morgan fingerprint density at radius 2 is 1.95 bits per heavy atom. The van der Waals surface area contributed by atoms with Crippen LogP contribution in [0.3, 0.4) is 0 Å². The Labute approximate surface area is 109 Å². The van der Waals surface area contributed by atoms with Gasteiger partial charge >= 0.3 is 0 Å². The van der Waals surface area contributed by atoms with Crippen molar-refractivity contribution in [2.45, 2.75) is 6.54 Å². The van der Waals surface area contributed by atoms with Gasteiger partial charge in [0.1, 0.15) is 6.61 Å². The van der Waals surface area contributed by atoms with Crippen molar-refractivity contribution in [3.63, 3.8) is 0 Å². The molecule has 2 aromatic rings. The number of rotatable bonds is 2. The van der Waals surface area contributed by atoms with Crippen LogP contribution in [0.15, 0.2) is 46.0 Å². The van der Waals surface area contributed by atoms with E-state index in [0.717, 1.165) is 5.56 Å². The van der Waals surface area contributed by atoms with Gasteiger partial charge in [-0.2, -0.15) is 0 Å². The minimum atomic E-state index is -0.335. The van der Waals surface area contributed by atoms with E-state index in [4.69, 9.17) is 5.11 Å². The maximum absolute atomic E-state index is 11.6. The lowest BCUT2D eigenvalue weighted by Gasteiger charge is -2.06. The van der Waals surface area contributed by atoms with Crippen LogP contribution in [0.5, 0.6) is 0 Å². The van der Waals surface area contributed by atoms with E-state index in [1.165, 1.54) is 16.8 Å². The highest BCUT2D eigenvalue weighted by atomic mass is 16.2.